The maximum atomic E-state index is 12.1. The van der Waals surface area contributed by atoms with E-state index in [2.05, 4.69) is 5.32 Å². The largest absolute Gasteiger partial charge is 0.372 e. The second-order valence-electron chi connectivity index (χ2n) is 5.36. The summed E-state index contributed by atoms with van der Waals surface area (Å²) in [5.41, 5.74) is 0.919. The Morgan fingerprint density at radius 1 is 1.36 bits per heavy atom. The fourth-order valence-electron chi connectivity index (χ4n) is 2.40. The number of carbonyl (C=O) groups is 1. The summed E-state index contributed by atoms with van der Waals surface area (Å²) in [7, 11) is 0. The third kappa shape index (κ3) is 5.94. The van der Waals surface area contributed by atoms with Crippen molar-refractivity contribution in [3.05, 3.63) is 35.9 Å². The minimum absolute atomic E-state index is 0.154. The average Bonchev–Trinajstić information content (AvgIpc) is 2.96. The molecule has 0 unspecified atom stereocenters. The second kappa shape index (κ2) is 8.37. The van der Waals surface area contributed by atoms with Crippen LogP contribution in [-0.4, -0.2) is 35.1 Å². The molecule has 1 aromatic rings. The Hall–Kier alpha value is -0.520. The number of rotatable bonds is 6. The lowest BCUT2D eigenvalue weighted by molar-refractivity contribution is -0.697. The van der Waals surface area contributed by atoms with Crippen molar-refractivity contribution in [3.63, 3.8) is 0 Å². The fraction of sp³-hybridized carbons (Fsp3) is 0.533. The Morgan fingerprint density at radius 2 is 2.09 bits per heavy atom. The first-order chi connectivity index (χ1) is 10.4. The highest BCUT2D eigenvalue weighted by molar-refractivity contribution is 6.68. The SMILES string of the molecule is O=C(Cc1ccccc1)N[C@H]([NH2+]C[C@H]1CCCO1)C(Cl)(Cl)Cl. The molecule has 2 atom stereocenters. The van der Waals surface area contributed by atoms with Gasteiger partial charge in [0.05, 0.1) is 6.42 Å². The topological polar surface area (TPSA) is 54.9 Å². The summed E-state index contributed by atoms with van der Waals surface area (Å²) in [6.07, 6.45) is 1.82. The number of quaternary nitrogens is 1. The van der Waals surface area contributed by atoms with Crippen LogP contribution in [0.15, 0.2) is 30.3 Å². The highest BCUT2D eigenvalue weighted by Gasteiger charge is 2.38. The number of nitrogens with two attached hydrogens (primary N) is 1. The monoisotopic (exact) mass is 365 g/mol. The maximum absolute atomic E-state index is 12.1. The zero-order valence-electron chi connectivity index (χ0n) is 12.1. The second-order valence-corrected chi connectivity index (χ2v) is 7.72. The molecule has 122 valence electrons. The van der Waals surface area contributed by atoms with Crippen LogP contribution in [0.2, 0.25) is 0 Å². The maximum Gasteiger partial charge on any atom is 0.262 e. The van der Waals surface area contributed by atoms with E-state index in [1.54, 1.807) is 0 Å². The van der Waals surface area contributed by atoms with Crippen LogP contribution in [0.4, 0.5) is 0 Å². The van der Waals surface area contributed by atoms with Crippen molar-refractivity contribution in [3.8, 4) is 0 Å². The molecular weight excluding hydrogens is 347 g/mol. The molecular formula is C15H20Cl3N2O2+. The zero-order valence-corrected chi connectivity index (χ0v) is 14.4. The van der Waals surface area contributed by atoms with Gasteiger partial charge in [-0.05, 0) is 18.4 Å². The predicted octanol–water partition coefficient (Wildman–Crippen LogP) is 1.78. The van der Waals surface area contributed by atoms with Gasteiger partial charge in [0.1, 0.15) is 12.6 Å². The summed E-state index contributed by atoms with van der Waals surface area (Å²) in [6.45, 7) is 1.43. The van der Waals surface area contributed by atoms with Crippen molar-refractivity contribution in [1.82, 2.24) is 5.32 Å². The van der Waals surface area contributed by atoms with Crippen molar-refractivity contribution in [1.29, 1.82) is 0 Å². The molecule has 0 bridgehead atoms. The molecule has 1 aliphatic heterocycles. The van der Waals surface area contributed by atoms with Crippen molar-refractivity contribution in [2.24, 2.45) is 0 Å². The number of alkyl halides is 3. The standard InChI is InChI=1S/C15H19Cl3N2O2/c16-15(17,18)14(19-10-12-7-4-8-22-12)20-13(21)9-11-5-2-1-3-6-11/h1-3,5-6,12,14,19H,4,7-10H2,(H,20,21)/p+1/t12-,14+/m1/s1. The molecule has 1 saturated heterocycles. The number of hydrogen-bond acceptors (Lipinski definition) is 2. The summed E-state index contributed by atoms with van der Waals surface area (Å²) in [6, 6.07) is 9.46. The number of carbonyl (C=O) groups excluding carboxylic acids is 1. The average molecular weight is 367 g/mol. The van der Waals surface area contributed by atoms with Crippen LogP contribution in [-0.2, 0) is 16.0 Å². The van der Waals surface area contributed by atoms with E-state index >= 15 is 0 Å². The van der Waals surface area contributed by atoms with Gasteiger partial charge >= 0.3 is 0 Å². The zero-order chi connectivity index (χ0) is 16.0. The molecule has 1 aliphatic rings. The molecule has 4 nitrogen and oxygen atoms in total. The molecule has 0 spiro atoms. The number of hydrogen-bond donors (Lipinski definition) is 2. The van der Waals surface area contributed by atoms with E-state index in [1.165, 1.54) is 0 Å². The first kappa shape index (κ1) is 17.8. The Labute approximate surface area is 145 Å². The summed E-state index contributed by atoms with van der Waals surface area (Å²) in [5.74, 6) is -0.175. The lowest BCUT2D eigenvalue weighted by Gasteiger charge is -2.24. The van der Waals surface area contributed by atoms with Gasteiger partial charge in [0.2, 0.25) is 12.1 Å². The summed E-state index contributed by atoms with van der Waals surface area (Å²) < 4.78 is 3.97. The van der Waals surface area contributed by atoms with Gasteiger partial charge in [0, 0.05) is 6.61 Å². The Bertz CT molecular complexity index is 473. The third-order valence-electron chi connectivity index (χ3n) is 3.54. The van der Waals surface area contributed by atoms with Crippen LogP contribution in [0.25, 0.3) is 0 Å². The van der Waals surface area contributed by atoms with Gasteiger partial charge in [-0.1, -0.05) is 65.1 Å². The molecule has 7 heteroatoms. The Balaban J connectivity index is 1.87. The first-order valence-corrected chi connectivity index (χ1v) is 8.43. The molecule has 0 saturated carbocycles. The van der Waals surface area contributed by atoms with E-state index in [4.69, 9.17) is 39.5 Å². The Kier molecular flexibility index (Phi) is 6.78. The van der Waals surface area contributed by atoms with Crippen molar-refractivity contribution in [2.75, 3.05) is 13.2 Å². The van der Waals surface area contributed by atoms with Gasteiger partial charge in [-0.3, -0.25) is 4.79 Å². The normalized spacial score (nSPS) is 19.9. The van der Waals surface area contributed by atoms with Gasteiger partial charge in [-0.2, -0.15) is 0 Å². The molecule has 1 fully saturated rings. The van der Waals surface area contributed by atoms with Crippen molar-refractivity contribution >= 4 is 40.7 Å². The molecule has 0 radical (unpaired) electrons. The van der Waals surface area contributed by atoms with E-state index in [0.29, 0.717) is 6.54 Å². The molecule has 2 rings (SSSR count). The molecule has 0 aromatic heterocycles. The molecule has 3 N–H and O–H groups in total. The summed E-state index contributed by atoms with van der Waals surface area (Å²) in [4.78, 5) is 12.1. The lowest BCUT2D eigenvalue weighted by Crippen LogP contribution is -2.97. The smallest absolute Gasteiger partial charge is 0.262 e. The van der Waals surface area contributed by atoms with Crippen LogP contribution < -0.4 is 10.6 Å². The lowest BCUT2D eigenvalue weighted by atomic mass is 10.1. The molecule has 22 heavy (non-hydrogen) atoms. The summed E-state index contributed by atoms with van der Waals surface area (Å²) >= 11 is 17.9. The molecule has 1 heterocycles. The minimum Gasteiger partial charge on any atom is -0.372 e. The predicted molar refractivity (Wildman–Crippen MR) is 88.1 cm³/mol. The fourth-order valence-corrected chi connectivity index (χ4v) is 2.83. The van der Waals surface area contributed by atoms with E-state index < -0.39 is 9.96 Å². The van der Waals surface area contributed by atoms with Crippen LogP contribution in [0.3, 0.4) is 0 Å². The quantitative estimate of drug-likeness (QED) is 0.596. The van der Waals surface area contributed by atoms with Gasteiger partial charge in [-0.15, -0.1) is 0 Å². The van der Waals surface area contributed by atoms with E-state index in [1.807, 2.05) is 35.6 Å². The van der Waals surface area contributed by atoms with E-state index in [-0.39, 0.29) is 18.4 Å². The number of benzene rings is 1. The Morgan fingerprint density at radius 3 is 2.68 bits per heavy atom. The number of nitrogens with one attached hydrogen (secondary N) is 1. The van der Waals surface area contributed by atoms with Crippen molar-refractivity contribution in [2.45, 2.75) is 35.3 Å². The van der Waals surface area contributed by atoms with Crippen LogP contribution >= 0.6 is 34.8 Å². The third-order valence-corrected chi connectivity index (χ3v) is 4.24. The van der Waals surface area contributed by atoms with Crippen LogP contribution in [0, 0.1) is 0 Å². The van der Waals surface area contributed by atoms with Crippen LogP contribution in [0.1, 0.15) is 18.4 Å². The van der Waals surface area contributed by atoms with Crippen molar-refractivity contribution < 1.29 is 14.8 Å². The number of ether oxygens (including phenoxy) is 1. The van der Waals surface area contributed by atoms with Gasteiger partial charge in [0.15, 0.2) is 0 Å². The number of halogens is 3. The van der Waals surface area contributed by atoms with Gasteiger partial charge in [0.25, 0.3) is 3.79 Å². The van der Waals surface area contributed by atoms with Gasteiger partial charge < -0.3 is 15.4 Å². The first-order valence-electron chi connectivity index (χ1n) is 7.30. The molecule has 1 aromatic carbocycles. The van der Waals surface area contributed by atoms with Gasteiger partial charge in [-0.25, -0.2) is 0 Å². The van der Waals surface area contributed by atoms with Crippen LogP contribution in [0.5, 0.6) is 0 Å². The minimum atomic E-state index is -1.58. The van der Waals surface area contributed by atoms with E-state index in [0.717, 1.165) is 25.0 Å². The highest BCUT2D eigenvalue weighted by atomic mass is 35.6. The molecule has 1 amide bonds. The van der Waals surface area contributed by atoms with E-state index in [9.17, 15) is 4.79 Å². The number of amides is 1. The molecule has 0 aliphatic carbocycles. The highest BCUT2D eigenvalue weighted by Crippen LogP contribution is 2.27. The summed E-state index contributed by atoms with van der Waals surface area (Å²) in [5, 5.41) is 4.61.